The van der Waals surface area contributed by atoms with Crippen molar-refractivity contribution in [3.8, 4) is 11.5 Å². The van der Waals surface area contributed by atoms with Gasteiger partial charge in [0.05, 0.1) is 14.2 Å². The van der Waals surface area contributed by atoms with Gasteiger partial charge in [0.15, 0.2) is 0 Å². The highest BCUT2D eigenvalue weighted by atomic mass is 16.5. The van der Waals surface area contributed by atoms with E-state index in [4.69, 9.17) is 9.47 Å². The largest absolute Gasteiger partial charge is 0.497 e. The van der Waals surface area contributed by atoms with Gasteiger partial charge in [-0.3, -0.25) is 4.79 Å². The lowest BCUT2D eigenvalue weighted by molar-refractivity contribution is -0.118. The number of carbonyl (C=O) groups excluding carboxylic acids is 1. The molecule has 0 saturated carbocycles. The molecule has 0 spiro atoms. The van der Waals surface area contributed by atoms with Crippen molar-refractivity contribution in [2.45, 2.75) is 129 Å². The highest BCUT2D eigenvalue weighted by molar-refractivity contribution is 5.81. The van der Waals surface area contributed by atoms with E-state index in [0.29, 0.717) is 18.6 Å². The summed E-state index contributed by atoms with van der Waals surface area (Å²) in [6.45, 7) is 2.28. The monoisotopic (exact) mass is 446 g/mol. The number of benzene rings is 1. The average molecular weight is 447 g/mol. The number of ether oxygens (including phenoxy) is 2. The second-order valence-corrected chi connectivity index (χ2v) is 9.34. The molecule has 1 aromatic carbocycles. The molecule has 184 valence electrons. The molecule has 0 heterocycles. The molecule has 0 unspecified atom stereocenters. The molecule has 0 saturated heterocycles. The van der Waals surface area contributed by atoms with Gasteiger partial charge in [-0.2, -0.15) is 0 Å². The summed E-state index contributed by atoms with van der Waals surface area (Å²) in [7, 11) is 3.27. The third-order valence-corrected chi connectivity index (χ3v) is 6.37. The van der Waals surface area contributed by atoms with Gasteiger partial charge >= 0.3 is 0 Å². The Morgan fingerprint density at radius 1 is 0.594 bits per heavy atom. The molecule has 0 aliphatic heterocycles. The fourth-order valence-corrected chi connectivity index (χ4v) is 4.33. The lowest BCUT2D eigenvalue weighted by Crippen LogP contribution is -2.03. The Balaban J connectivity index is 1.90. The number of hydrogen-bond acceptors (Lipinski definition) is 3. The topological polar surface area (TPSA) is 35.5 Å². The molecule has 0 bridgehead atoms. The third-order valence-electron chi connectivity index (χ3n) is 6.37. The number of rotatable bonds is 22. The van der Waals surface area contributed by atoms with Crippen molar-refractivity contribution in [3.63, 3.8) is 0 Å². The van der Waals surface area contributed by atoms with Crippen molar-refractivity contribution in [1.29, 1.82) is 0 Å². The van der Waals surface area contributed by atoms with E-state index in [2.05, 4.69) is 6.92 Å². The fourth-order valence-electron chi connectivity index (χ4n) is 4.33. The molecule has 3 heteroatoms. The Bertz CT molecular complexity index is 560. The Morgan fingerprint density at radius 3 is 1.34 bits per heavy atom. The van der Waals surface area contributed by atoms with Crippen LogP contribution in [0.15, 0.2) is 18.2 Å². The van der Waals surface area contributed by atoms with E-state index in [1.165, 1.54) is 103 Å². The van der Waals surface area contributed by atoms with Gasteiger partial charge in [-0.1, -0.05) is 110 Å². The summed E-state index contributed by atoms with van der Waals surface area (Å²) in [5, 5.41) is 0. The lowest BCUT2D eigenvalue weighted by atomic mass is 10.0. The van der Waals surface area contributed by atoms with Crippen LogP contribution < -0.4 is 9.47 Å². The zero-order valence-electron chi connectivity index (χ0n) is 21.4. The average Bonchev–Trinajstić information content (AvgIpc) is 2.80. The van der Waals surface area contributed by atoms with E-state index < -0.39 is 0 Å². The van der Waals surface area contributed by atoms with Crippen LogP contribution >= 0.6 is 0 Å². The van der Waals surface area contributed by atoms with E-state index in [-0.39, 0.29) is 0 Å². The van der Waals surface area contributed by atoms with Crippen molar-refractivity contribution in [3.05, 3.63) is 23.8 Å². The van der Waals surface area contributed by atoms with Crippen LogP contribution in [0.4, 0.5) is 0 Å². The maximum atomic E-state index is 12.3. The summed E-state index contributed by atoms with van der Waals surface area (Å²) < 4.78 is 10.6. The zero-order chi connectivity index (χ0) is 23.3. The van der Waals surface area contributed by atoms with Gasteiger partial charge in [-0.15, -0.1) is 0 Å². The Kier molecular flexibility index (Phi) is 17.9. The summed E-state index contributed by atoms with van der Waals surface area (Å²) in [5.74, 6) is 1.79. The minimum Gasteiger partial charge on any atom is -0.497 e. The van der Waals surface area contributed by atoms with E-state index in [9.17, 15) is 4.79 Å². The van der Waals surface area contributed by atoms with Gasteiger partial charge in [0.1, 0.15) is 17.3 Å². The molecule has 32 heavy (non-hydrogen) atoms. The van der Waals surface area contributed by atoms with Gasteiger partial charge in [-0.05, 0) is 24.1 Å². The molecule has 1 rings (SSSR count). The predicted octanol–water partition coefficient (Wildman–Crippen LogP) is 8.86. The van der Waals surface area contributed by atoms with Gasteiger partial charge in [0.25, 0.3) is 0 Å². The molecule has 0 aromatic heterocycles. The van der Waals surface area contributed by atoms with Crippen LogP contribution in [0.1, 0.15) is 128 Å². The first-order valence-electron chi connectivity index (χ1n) is 13.4. The SMILES string of the molecule is CCCCCCCCCCCCCCCCCCCC(=O)Cc1cc(OC)cc(OC)c1. The van der Waals surface area contributed by atoms with Crippen molar-refractivity contribution >= 4 is 5.78 Å². The summed E-state index contributed by atoms with van der Waals surface area (Å²) >= 11 is 0. The third kappa shape index (κ3) is 15.3. The van der Waals surface area contributed by atoms with Crippen LogP contribution in [0.2, 0.25) is 0 Å². The van der Waals surface area contributed by atoms with Crippen LogP contribution in [0.25, 0.3) is 0 Å². The maximum Gasteiger partial charge on any atom is 0.137 e. The maximum absolute atomic E-state index is 12.3. The van der Waals surface area contributed by atoms with Gasteiger partial charge < -0.3 is 9.47 Å². The highest BCUT2D eigenvalue weighted by Gasteiger charge is 2.07. The van der Waals surface area contributed by atoms with Crippen molar-refractivity contribution in [2.24, 2.45) is 0 Å². The molecular formula is C29H50O3. The molecular weight excluding hydrogens is 396 g/mol. The standard InChI is InChI=1S/C29H50O3/c1-4-5-6-7-8-9-10-11-12-13-14-15-16-17-18-19-20-21-27(30)22-26-23-28(31-2)25-29(24-26)32-3/h23-25H,4-22H2,1-3H3. The van der Waals surface area contributed by atoms with E-state index in [0.717, 1.165) is 23.5 Å². The first-order valence-corrected chi connectivity index (χ1v) is 13.4. The Labute approximate surface area is 198 Å². The lowest BCUT2D eigenvalue weighted by Gasteiger charge is -2.08. The normalized spacial score (nSPS) is 11.0. The smallest absolute Gasteiger partial charge is 0.137 e. The number of unbranched alkanes of at least 4 members (excludes halogenated alkanes) is 16. The molecule has 0 radical (unpaired) electrons. The van der Waals surface area contributed by atoms with Crippen LogP contribution in [-0.2, 0) is 11.2 Å². The number of methoxy groups -OCH3 is 2. The summed E-state index contributed by atoms with van der Waals surface area (Å²) in [6.07, 6.45) is 24.3. The number of Topliss-reactive ketones (excluding diaryl/α,β-unsaturated/α-hetero) is 1. The first kappa shape index (κ1) is 28.5. The predicted molar refractivity (Wildman–Crippen MR) is 137 cm³/mol. The fraction of sp³-hybridized carbons (Fsp3) is 0.759. The number of carbonyl (C=O) groups is 1. The molecule has 0 fully saturated rings. The van der Waals surface area contributed by atoms with E-state index in [1.807, 2.05) is 18.2 Å². The number of hydrogen-bond donors (Lipinski definition) is 0. The van der Waals surface area contributed by atoms with Crippen LogP contribution in [0.3, 0.4) is 0 Å². The van der Waals surface area contributed by atoms with E-state index >= 15 is 0 Å². The molecule has 0 N–H and O–H groups in total. The molecule has 0 amide bonds. The summed E-state index contributed by atoms with van der Waals surface area (Å²) in [6, 6.07) is 5.69. The summed E-state index contributed by atoms with van der Waals surface area (Å²) in [5.41, 5.74) is 0.971. The van der Waals surface area contributed by atoms with Gasteiger partial charge in [0, 0.05) is 18.9 Å². The van der Waals surface area contributed by atoms with Crippen LogP contribution in [0, 0.1) is 0 Å². The molecule has 0 atom stereocenters. The van der Waals surface area contributed by atoms with Crippen molar-refractivity contribution in [1.82, 2.24) is 0 Å². The van der Waals surface area contributed by atoms with Gasteiger partial charge in [-0.25, -0.2) is 0 Å². The van der Waals surface area contributed by atoms with Crippen molar-refractivity contribution < 1.29 is 14.3 Å². The van der Waals surface area contributed by atoms with Gasteiger partial charge in [0.2, 0.25) is 0 Å². The molecule has 3 nitrogen and oxygen atoms in total. The minimum absolute atomic E-state index is 0.307. The molecule has 0 aliphatic rings. The highest BCUT2D eigenvalue weighted by Crippen LogP contribution is 2.23. The summed E-state index contributed by atoms with van der Waals surface area (Å²) in [4.78, 5) is 12.3. The van der Waals surface area contributed by atoms with Crippen LogP contribution in [0.5, 0.6) is 11.5 Å². The minimum atomic E-state index is 0.307. The van der Waals surface area contributed by atoms with E-state index in [1.54, 1.807) is 14.2 Å². The first-order chi connectivity index (χ1) is 15.7. The Morgan fingerprint density at radius 2 is 0.969 bits per heavy atom. The van der Waals surface area contributed by atoms with Crippen molar-refractivity contribution in [2.75, 3.05) is 14.2 Å². The second kappa shape index (κ2) is 20.1. The van der Waals surface area contributed by atoms with Crippen LogP contribution in [-0.4, -0.2) is 20.0 Å². The second-order valence-electron chi connectivity index (χ2n) is 9.34. The molecule has 1 aromatic rings. The number of ketones is 1. The quantitative estimate of drug-likeness (QED) is 0.167. The molecule has 0 aliphatic carbocycles. The zero-order valence-corrected chi connectivity index (χ0v) is 21.4. The Hall–Kier alpha value is -1.51.